The number of benzene rings is 1. The number of hydrogen-bond donors (Lipinski definition) is 2. The Bertz CT molecular complexity index is 794. The number of carbonyl (C=O) groups excluding carboxylic acids is 1. The van der Waals surface area contributed by atoms with Gasteiger partial charge in [0, 0.05) is 12.3 Å². The standard InChI is InChI=1S/C22H26O4/c1-4-22(25)10-8-18-20-17(7-9-21(18,22)3)16-6-5-15(26-13(2)23)11-14(16)12-19(20)24/h1,5-6,11,17-20,24-25H,7-10,12H2,2-3H3/t17-,18+,19-,20-,21+,22+/m1/s1. The van der Waals surface area contributed by atoms with Gasteiger partial charge in [0.25, 0.3) is 0 Å². The van der Waals surface area contributed by atoms with Gasteiger partial charge in [-0.05, 0) is 73.1 Å². The second-order valence-electron chi connectivity index (χ2n) is 8.52. The van der Waals surface area contributed by atoms with E-state index in [0.717, 1.165) is 24.8 Å². The molecule has 1 aromatic carbocycles. The van der Waals surface area contributed by atoms with Gasteiger partial charge >= 0.3 is 5.97 Å². The Kier molecular flexibility index (Phi) is 3.95. The quantitative estimate of drug-likeness (QED) is 0.462. The summed E-state index contributed by atoms with van der Waals surface area (Å²) in [4.78, 5) is 11.2. The van der Waals surface area contributed by atoms with Gasteiger partial charge in [0.05, 0.1) is 6.10 Å². The lowest BCUT2D eigenvalue weighted by atomic mass is 9.52. The summed E-state index contributed by atoms with van der Waals surface area (Å²) in [5.74, 6) is 3.45. The minimum absolute atomic E-state index is 0.114. The molecule has 0 aliphatic heterocycles. The Balaban J connectivity index is 1.70. The van der Waals surface area contributed by atoms with Crippen LogP contribution in [0.25, 0.3) is 0 Å². The minimum atomic E-state index is -1.07. The maximum Gasteiger partial charge on any atom is 0.308 e. The van der Waals surface area contributed by atoms with Crippen molar-refractivity contribution in [3.05, 3.63) is 29.3 Å². The molecule has 4 heteroatoms. The van der Waals surface area contributed by atoms with Crippen LogP contribution in [0.5, 0.6) is 5.75 Å². The fourth-order valence-corrected chi connectivity index (χ4v) is 6.06. The second-order valence-corrected chi connectivity index (χ2v) is 8.52. The highest BCUT2D eigenvalue weighted by atomic mass is 16.5. The first-order valence-electron chi connectivity index (χ1n) is 9.48. The number of carbonyl (C=O) groups is 1. The number of fused-ring (bicyclic) bond motifs is 5. The molecule has 26 heavy (non-hydrogen) atoms. The maximum absolute atomic E-state index is 11.2. The van der Waals surface area contributed by atoms with Crippen LogP contribution in [-0.4, -0.2) is 27.9 Å². The maximum atomic E-state index is 11.2. The number of terminal acetylenes is 1. The molecule has 6 atom stereocenters. The molecular formula is C22H26O4. The average molecular weight is 354 g/mol. The lowest BCUT2D eigenvalue weighted by Crippen LogP contribution is -2.53. The average Bonchev–Trinajstić information content (AvgIpc) is 2.86. The van der Waals surface area contributed by atoms with E-state index in [4.69, 9.17) is 11.2 Å². The summed E-state index contributed by atoms with van der Waals surface area (Å²) >= 11 is 0. The molecule has 0 radical (unpaired) electrons. The van der Waals surface area contributed by atoms with Gasteiger partial charge in [-0.15, -0.1) is 6.42 Å². The number of aliphatic hydroxyl groups excluding tert-OH is 1. The second kappa shape index (κ2) is 5.84. The first kappa shape index (κ1) is 17.6. The van der Waals surface area contributed by atoms with Crippen molar-refractivity contribution in [3.8, 4) is 18.1 Å². The van der Waals surface area contributed by atoms with Crippen molar-refractivity contribution in [3.63, 3.8) is 0 Å². The summed E-state index contributed by atoms with van der Waals surface area (Å²) in [7, 11) is 0. The lowest BCUT2D eigenvalue weighted by molar-refractivity contribution is -0.131. The van der Waals surface area contributed by atoms with Crippen molar-refractivity contribution in [1.29, 1.82) is 0 Å². The first-order chi connectivity index (χ1) is 12.3. The zero-order valence-corrected chi connectivity index (χ0v) is 15.4. The molecule has 4 rings (SSSR count). The molecule has 0 saturated heterocycles. The molecule has 2 N–H and O–H groups in total. The van der Waals surface area contributed by atoms with Crippen molar-refractivity contribution in [2.75, 3.05) is 0 Å². The molecule has 138 valence electrons. The highest BCUT2D eigenvalue weighted by Gasteiger charge is 2.62. The van der Waals surface area contributed by atoms with E-state index >= 15 is 0 Å². The van der Waals surface area contributed by atoms with Crippen molar-refractivity contribution in [1.82, 2.24) is 0 Å². The van der Waals surface area contributed by atoms with Gasteiger partial charge < -0.3 is 14.9 Å². The fraction of sp³-hybridized carbons (Fsp3) is 0.591. The number of rotatable bonds is 1. The van der Waals surface area contributed by atoms with Crippen LogP contribution < -0.4 is 4.74 Å². The summed E-state index contributed by atoms with van der Waals surface area (Å²) in [5, 5.41) is 22.0. The molecular weight excluding hydrogens is 328 g/mol. The van der Waals surface area contributed by atoms with Crippen LogP contribution in [0.4, 0.5) is 0 Å². The van der Waals surface area contributed by atoms with Crippen molar-refractivity contribution in [2.24, 2.45) is 17.3 Å². The van der Waals surface area contributed by atoms with Crippen LogP contribution in [-0.2, 0) is 11.2 Å². The van der Waals surface area contributed by atoms with E-state index in [1.54, 1.807) is 0 Å². The summed E-state index contributed by atoms with van der Waals surface area (Å²) in [6.45, 7) is 3.49. The summed E-state index contributed by atoms with van der Waals surface area (Å²) in [5.41, 5.74) is 0.904. The van der Waals surface area contributed by atoms with Crippen LogP contribution in [0.1, 0.15) is 56.6 Å². The largest absolute Gasteiger partial charge is 0.427 e. The number of esters is 1. The van der Waals surface area contributed by atoms with Crippen molar-refractivity contribution < 1.29 is 19.7 Å². The van der Waals surface area contributed by atoms with Crippen LogP contribution in [0, 0.1) is 29.6 Å². The van der Waals surface area contributed by atoms with E-state index in [9.17, 15) is 15.0 Å². The van der Waals surface area contributed by atoms with Gasteiger partial charge in [-0.25, -0.2) is 0 Å². The molecule has 0 bridgehead atoms. The van der Waals surface area contributed by atoms with Crippen LogP contribution in [0.15, 0.2) is 18.2 Å². The SMILES string of the molecule is C#C[C@]1(O)CC[C@H]2[C@@H]3[C@H](O)Cc4cc(OC(C)=O)ccc4[C@H]3CC[C@@]21C. The Morgan fingerprint density at radius 3 is 2.81 bits per heavy atom. The van der Waals surface area contributed by atoms with E-state index in [2.05, 4.69) is 12.8 Å². The molecule has 0 amide bonds. The van der Waals surface area contributed by atoms with E-state index < -0.39 is 11.7 Å². The van der Waals surface area contributed by atoms with E-state index in [1.807, 2.05) is 18.2 Å². The first-order valence-corrected chi connectivity index (χ1v) is 9.48. The molecule has 1 aromatic rings. The normalized spacial score (nSPS) is 40.7. The van der Waals surface area contributed by atoms with Crippen molar-refractivity contribution in [2.45, 2.75) is 63.6 Å². The molecule has 2 saturated carbocycles. The molecule has 0 heterocycles. The zero-order chi connectivity index (χ0) is 18.7. The smallest absolute Gasteiger partial charge is 0.308 e. The Morgan fingerprint density at radius 2 is 2.12 bits per heavy atom. The van der Waals surface area contributed by atoms with Gasteiger partial charge in [-0.3, -0.25) is 4.79 Å². The molecule has 0 unspecified atom stereocenters. The summed E-state index contributed by atoms with van der Waals surface area (Å²) in [6, 6.07) is 5.77. The Labute approximate surface area is 154 Å². The summed E-state index contributed by atoms with van der Waals surface area (Å²) < 4.78 is 5.20. The fourth-order valence-electron chi connectivity index (χ4n) is 6.06. The minimum Gasteiger partial charge on any atom is -0.427 e. The molecule has 2 fully saturated rings. The van der Waals surface area contributed by atoms with Crippen LogP contribution in [0.3, 0.4) is 0 Å². The summed E-state index contributed by atoms with van der Waals surface area (Å²) in [6.07, 6.45) is 9.00. The van der Waals surface area contributed by atoms with Crippen LogP contribution >= 0.6 is 0 Å². The number of hydrogen-bond acceptors (Lipinski definition) is 4. The van der Waals surface area contributed by atoms with Crippen LogP contribution in [0.2, 0.25) is 0 Å². The van der Waals surface area contributed by atoms with Gasteiger partial charge in [-0.1, -0.05) is 18.9 Å². The molecule has 4 nitrogen and oxygen atoms in total. The highest BCUT2D eigenvalue weighted by molar-refractivity contribution is 5.69. The lowest BCUT2D eigenvalue weighted by Gasteiger charge is -2.53. The number of aliphatic hydroxyl groups is 2. The monoisotopic (exact) mass is 354 g/mol. The molecule has 3 aliphatic carbocycles. The van der Waals surface area contributed by atoms with E-state index in [-0.39, 0.29) is 29.1 Å². The predicted molar refractivity (Wildman–Crippen MR) is 97.5 cm³/mol. The van der Waals surface area contributed by atoms with Gasteiger partial charge in [0.2, 0.25) is 0 Å². The third-order valence-corrected chi connectivity index (χ3v) is 7.37. The van der Waals surface area contributed by atoms with E-state index in [0.29, 0.717) is 18.6 Å². The third kappa shape index (κ3) is 2.34. The number of ether oxygens (including phenoxy) is 1. The third-order valence-electron chi connectivity index (χ3n) is 7.37. The van der Waals surface area contributed by atoms with Gasteiger partial charge in [0.15, 0.2) is 0 Å². The molecule has 3 aliphatic rings. The van der Waals surface area contributed by atoms with Crippen molar-refractivity contribution >= 4 is 5.97 Å². The predicted octanol–water partition coefficient (Wildman–Crippen LogP) is 2.80. The topological polar surface area (TPSA) is 66.8 Å². The Morgan fingerprint density at radius 1 is 1.35 bits per heavy atom. The molecule has 0 aromatic heterocycles. The van der Waals surface area contributed by atoms with E-state index in [1.165, 1.54) is 12.5 Å². The molecule has 0 spiro atoms. The van der Waals surface area contributed by atoms with Gasteiger partial charge in [-0.2, -0.15) is 0 Å². The zero-order valence-electron chi connectivity index (χ0n) is 15.4. The Hall–Kier alpha value is -1.83. The van der Waals surface area contributed by atoms with Gasteiger partial charge in [0.1, 0.15) is 11.4 Å². The highest BCUT2D eigenvalue weighted by Crippen LogP contribution is 2.64.